The molecule has 1 saturated carbocycles. The summed E-state index contributed by atoms with van der Waals surface area (Å²) in [6.45, 7) is 7.56. The maximum absolute atomic E-state index is 11.8. The van der Waals surface area contributed by atoms with Gasteiger partial charge in [0.2, 0.25) is 0 Å². The van der Waals surface area contributed by atoms with E-state index >= 15 is 0 Å². The molecule has 0 spiro atoms. The Hall–Kier alpha value is -1.75. The summed E-state index contributed by atoms with van der Waals surface area (Å²) in [5, 5.41) is 3.26. The first-order valence-electron chi connectivity index (χ1n) is 7.67. The van der Waals surface area contributed by atoms with Crippen LogP contribution in [-0.2, 0) is 14.3 Å². The Morgan fingerprint density at radius 1 is 1.35 bits per heavy atom. The van der Waals surface area contributed by atoms with Crippen molar-refractivity contribution in [3.8, 4) is 0 Å². The zero-order chi connectivity index (χ0) is 17.2. The summed E-state index contributed by atoms with van der Waals surface area (Å²) in [5.74, 6) is -0.301. The van der Waals surface area contributed by atoms with E-state index in [1.165, 1.54) is 0 Å². The highest BCUT2D eigenvalue weighted by Crippen LogP contribution is 2.50. The maximum Gasteiger partial charge on any atom is 0.412 e. The molecule has 0 unspecified atom stereocenters. The lowest BCUT2D eigenvalue weighted by Crippen LogP contribution is -2.27. The first-order valence-corrected chi connectivity index (χ1v) is 8.05. The molecule has 1 aliphatic carbocycles. The molecule has 1 amide bonds. The predicted molar refractivity (Wildman–Crippen MR) is 88.8 cm³/mol. The summed E-state index contributed by atoms with van der Waals surface area (Å²) in [6.07, 6.45) is 0.192. The highest BCUT2D eigenvalue weighted by Gasteiger charge is 2.46. The SMILES string of the molecule is CCOC(=O)[C@@H]1C[C@@H]1c1cc(NC(=O)OC(C)(C)C)ccc1Cl. The van der Waals surface area contributed by atoms with Gasteiger partial charge in [0, 0.05) is 10.7 Å². The van der Waals surface area contributed by atoms with E-state index in [0.717, 1.165) is 5.56 Å². The molecule has 0 aromatic heterocycles. The van der Waals surface area contributed by atoms with Crippen molar-refractivity contribution in [1.82, 2.24) is 0 Å². The van der Waals surface area contributed by atoms with Gasteiger partial charge in [-0.3, -0.25) is 10.1 Å². The largest absolute Gasteiger partial charge is 0.466 e. The van der Waals surface area contributed by atoms with Crippen molar-refractivity contribution >= 4 is 29.4 Å². The molecular formula is C17H22ClNO4. The molecule has 1 aliphatic rings. The van der Waals surface area contributed by atoms with Crippen LogP contribution in [0.1, 0.15) is 45.6 Å². The first kappa shape index (κ1) is 17.6. The number of carbonyl (C=O) groups is 2. The number of nitrogens with one attached hydrogen (secondary N) is 1. The number of rotatable bonds is 4. The minimum Gasteiger partial charge on any atom is -0.466 e. The molecule has 0 aliphatic heterocycles. The van der Waals surface area contributed by atoms with Crippen molar-refractivity contribution in [2.24, 2.45) is 5.92 Å². The second-order valence-electron chi connectivity index (χ2n) is 6.56. The molecule has 0 radical (unpaired) electrons. The van der Waals surface area contributed by atoms with Gasteiger partial charge in [0.05, 0.1) is 12.5 Å². The number of hydrogen-bond donors (Lipinski definition) is 1. The molecule has 2 atom stereocenters. The third kappa shape index (κ3) is 4.86. The van der Waals surface area contributed by atoms with Crippen molar-refractivity contribution in [3.63, 3.8) is 0 Å². The number of amides is 1. The fourth-order valence-corrected chi connectivity index (χ4v) is 2.63. The highest BCUT2D eigenvalue weighted by atomic mass is 35.5. The number of ether oxygens (including phenoxy) is 2. The van der Waals surface area contributed by atoms with Crippen molar-refractivity contribution < 1.29 is 19.1 Å². The van der Waals surface area contributed by atoms with Gasteiger partial charge >= 0.3 is 12.1 Å². The highest BCUT2D eigenvalue weighted by molar-refractivity contribution is 6.31. The summed E-state index contributed by atoms with van der Waals surface area (Å²) in [4.78, 5) is 23.6. The maximum atomic E-state index is 11.8. The van der Waals surface area contributed by atoms with Crippen LogP contribution in [0.5, 0.6) is 0 Å². The van der Waals surface area contributed by atoms with E-state index < -0.39 is 11.7 Å². The van der Waals surface area contributed by atoms with Crippen molar-refractivity contribution in [2.45, 2.75) is 45.6 Å². The van der Waals surface area contributed by atoms with Crippen LogP contribution in [0.25, 0.3) is 0 Å². The molecule has 1 aromatic rings. The van der Waals surface area contributed by atoms with Crippen LogP contribution in [0.4, 0.5) is 10.5 Å². The summed E-state index contributed by atoms with van der Waals surface area (Å²) < 4.78 is 10.3. The van der Waals surface area contributed by atoms with Gasteiger partial charge < -0.3 is 9.47 Å². The number of anilines is 1. The predicted octanol–water partition coefficient (Wildman–Crippen LogP) is 4.35. The Balaban J connectivity index is 2.06. The molecule has 126 valence electrons. The molecule has 1 fully saturated rings. The van der Waals surface area contributed by atoms with Crippen LogP contribution in [0, 0.1) is 5.92 Å². The van der Waals surface area contributed by atoms with Crippen molar-refractivity contribution in [1.29, 1.82) is 0 Å². The number of hydrogen-bond acceptors (Lipinski definition) is 4. The van der Waals surface area contributed by atoms with Crippen LogP contribution in [0.3, 0.4) is 0 Å². The zero-order valence-corrected chi connectivity index (χ0v) is 14.6. The molecule has 0 heterocycles. The summed E-state index contributed by atoms with van der Waals surface area (Å²) >= 11 is 6.23. The van der Waals surface area contributed by atoms with Gasteiger partial charge in [-0.1, -0.05) is 11.6 Å². The topological polar surface area (TPSA) is 64.6 Å². The molecule has 2 rings (SSSR count). The Morgan fingerprint density at radius 3 is 2.65 bits per heavy atom. The Morgan fingerprint density at radius 2 is 2.04 bits per heavy atom. The molecule has 5 nitrogen and oxygen atoms in total. The van der Waals surface area contributed by atoms with E-state index in [1.54, 1.807) is 45.9 Å². The first-order chi connectivity index (χ1) is 10.7. The number of esters is 1. The van der Waals surface area contributed by atoms with Gasteiger partial charge in [-0.15, -0.1) is 0 Å². The van der Waals surface area contributed by atoms with Crippen LogP contribution >= 0.6 is 11.6 Å². The van der Waals surface area contributed by atoms with Gasteiger partial charge in [-0.25, -0.2) is 4.79 Å². The van der Waals surface area contributed by atoms with Gasteiger partial charge in [0.25, 0.3) is 0 Å². The van der Waals surface area contributed by atoms with E-state index in [1.807, 2.05) is 0 Å². The van der Waals surface area contributed by atoms with E-state index in [4.69, 9.17) is 21.1 Å². The summed E-state index contributed by atoms with van der Waals surface area (Å²) in [5.41, 5.74) is 0.872. The van der Waals surface area contributed by atoms with Crippen molar-refractivity contribution in [2.75, 3.05) is 11.9 Å². The van der Waals surface area contributed by atoms with Gasteiger partial charge in [0.15, 0.2) is 0 Å². The lowest BCUT2D eigenvalue weighted by molar-refractivity contribution is -0.144. The Kier molecular flexibility index (Phi) is 5.19. The molecular weight excluding hydrogens is 318 g/mol. The van der Waals surface area contributed by atoms with Gasteiger partial charge in [0.1, 0.15) is 5.60 Å². The van der Waals surface area contributed by atoms with Crippen LogP contribution < -0.4 is 5.32 Å². The van der Waals surface area contributed by atoms with Gasteiger partial charge in [-0.05, 0) is 63.8 Å². The van der Waals surface area contributed by atoms with E-state index in [0.29, 0.717) is 23.7 Å². The average Bonchev–Trinajstić information content (AvgIpc) is 3.19. The number of benzene rings is 1. The molecule has 1 aromatic carbocycles. The molecule has 6 heteroatoms. The normalized spacial score (nSPS) is 19.9. The van der Waals surface area contributed by atoms with Crippen LogP contribution in [0.15, 0.2) is 18.2 Å². The van der Waals surface area contributed by atoms with E-state index in [2.05, 4.69) is 5.32 Å². The van der Waals surface area contributed by atoms with Crippen molar-refractivity contribution in [3.05, 3.63) is 28.8 Å². The molecule has 0 saturated heterocycles. The quantitative estimate of drug-likeness (QED) is 0.828. The summed E-state index contributed by atoms with van der Waals surface area (Å²) in [6, 6.07) is 5.21. The van der Waals surface area contributed by atoms with E-state index in [-0.39, 0.29) is 17.8 Å². The third-order valence-corrected chi connectivity index (χ3v) is 3.76. The monoisotopic (exact) mass is 339 g/mol. The average molecular weight is 340 g/mol. The number of halogens is 1. The zero-order valence-electron chi connectivity index (χ0n) is 13.8. The Bertz CT molecular complexity index is 609. The second kappa shape index (κ2) is 6.79. The third-order valence-electron chi connectivity index (χ3n) is 3.42. The molecule has 0 bridgehead atoms. The van der Waals surface area contributed by atoms with E-state index in [9.17, 15) is 9.59 Å². The second-order valence-corrected chi connectivity index (χ2v) is 6.97. The Labute approximate surface area is 141 Å². The fraction of sp³-hybridized carbons (Fsp3) is 0.529. The van der Waals surface area contributed by atoms with Crippen LogP contribution in [0.2, 0.25) is 5.02 Å². The lowest BCUT2D eigenvalue weighted by atomic mass is 10.1. The molecule has 23 heavy (non-hydrogen) atoms. The fourth-order valence-electron chi connectivity index (χ4n) is 2.38. The lowest BCUT2D eigenvalue weighted by Gasteiger charge is -2.20. The minimum absolute atomic E-state index is 0.0435. The molecule has 1 N–H and O–H groups in total. The number of carbonyl (C=O) groups excluding carboxylic acids is 2. The van der Waals surface area contributed by atoms with Crippen LogP contribution in [-0.4, -0.2) is 24.3 Å². The summed E-state index contributed by atoms with van der Waals surface area (Å²) in [7, 11) is 0. The standard InChI is InChI=1S/C17H22ClNO4/c1-5-22-15(20)13-9-11(13)12-8-10(6-7-14(12)18)19-16(21)23-17(2,3)4/h6-8,11,13H,5,9H2,1-4H3,(H,19,21)/t11-,13-/m1/s1. The minimum atomic E-state index is -0.565. The smallest absolute Gasteiger partial charge is 0.412 e. The van der Waals surface area contributed by atoms with Gasteiger partial charge in [-0.2, -0.15) is 0 Å².